The average molecular weight is 403 g/mol. The zero-order valence-corrected chi connectivity index (χ0v) is 15.4. The summed E-state index contributed by atoms with van der Waals surface area (Å²) in [5, 5.41) is 27.6. The molecule has 0 aliphatic carbocycles. The van der Waals surface area contributed by atoms with Gasteiger partial charge in [-0.2, -0.15) is 0 Å². The maximum Gasteiger partial charge on any atom is 0.269 e. The molecule has 2 rings (SSSR count). The lowest BCUT2D eigenvalue weighted by Gasteiger charge is -2.07. The summed E-state index contributed by atoms with van der Waals surface area (Å²) in [6, 6.07) is 12.9. The maximum absolute atomic E-state index is 10.6. The zero-order chi connectivity index (χ0) is 17.4. The highest BCUT2D eigenvalue weighted by Gasteiger charge is 2.04. The van der Waals surface area contributed by atoms with E-state index in [1.165, 1.54) is 24.3 Å². The highest BCUT2D eigenvalue weighted by Crippen LogP contribution is 2.12. The Labute approximate surface area is 163 Å². The van der Waals surface area contributed by atoms with E-state index in [1.807, 2.05) is 0 Å². The van der Waals surface area contributed by atoms with Gasteiger partial charge in [-0.05, 0) is 11.1 Å². The molecule has 2 aromatic carbocycles. The lowest BCUT2D eigenvalue weighted by molar-refractivity contribution is -0.385. The summed E-state index contributed by atoms with van der Waals surface area (Å²) >= 11 is 0. The predicted molar refractivity (Wildman–Crippen MR) is 104 cm³/mol. The van der Waals surface area contributed by atoms with Gasteiger partial charge in [0.15, 0.2) is 0 Å². The van der Waals surface area contributed by atoms with Crippen molar-refractivity contribution in [2.45, 2.75) is 13.1 Å². The fourth-order valence-corrected chi connectivity index (χ4v) is 2.11. The highest BCUT2D eigenvalue weighted by atomic mass is 35.5. The molecule has 142 valence electrons. The van der Waals surface area contributed by atoms with Crippen LogP contribution in [0.5, 0.6) is 0 Å². The first-order valence-electron chi connectivity index (χ1n) is 7.44. The van der Waals surface area contributed by atoms with Crippen molar-refractivity contribution in [2.75, 3.05) is 13.1 Å². The van der Waals surface area contributed by atoms with E-state index in [0.717, 1.165) is 24.2 Å². The van der Waals surface area contributed by atoms with E-state index in [4.69, 9.17) is 0 Å². The molecule has 0 saturated carbocycles. The summed E-state index contributed by atoms with van der Waals surface area (Å²) < 4.78 is 0. The summed E-state index contributed by atoms with van der Waals surface area (Å²) in [7, 11) is 0. The van der Waals surface area contributed by atoms with Crippen LogP contribution < -0.4 is 10.6 Å². The van der Waals surface area contributed by atoms with Gasteiger partial charge in [0.2, 0.25) is 0 Å². The van der Waals surface area contributed by atoms with E-state index in [0.29, 0.717) is 13.1 Å². The van der Waals surface area contributed by atoms with E-state index in [1.54, 1.807) is 24.3 Å². The molecule has 0 aliphatic heterocycles. The van der Waals surface area contributed by atoms with Gasteiger partial charge in [0.05, 0.1) is 9.85 Å². The van der Waals surface area contributed by atoms with E-state index in [2.05, 4.69) is 10.6 Å². The summed E-state index contributed by atoms with van der Waals surface area (Å²) in [5.74, 6) is 0. The van der Waals surface area contributed by atoms with Crippen LogP contribution in [0.2, 0.25) is 0 Å². The van der Waals surface area contributed by atoms with Gasteiger partial charge in [0, 0.05) is 50.4 Å². The fourth-order valence-electron chi connectivity index (χ4n) is 2.11. The predicted octanol–water partition coefficient (Wildman–Crippen LogP) is 3.23. The summed E-state index contributed by atoms with van der Waals surface area (Å²) in [6.07, 6.45) is 0. The third-order valence-corrected chi connectivity index (χ3v) is 3.43. The molecule has 0 aromatic heterocycles. The van der Waals surface area contributed by atoms with Crippen LogP contribution in [-0.2, 0) is 13.1 Å². The van der Waals surface area contributed by atoms with Gasteiger partial charge in [0.25, 0.3) is 11.4 Å². The number of non-ortho nitro benzene ring substituents is 2. The third-order valence-electron chi connectivity index (χ3n) is 3.43. The molecule has 2 N–H and O–H groups in total. The molecule has 26 heavy (non-hydrogen) atoms. The Morgan fingerprint density at radius 1 is 0.654 bits per heavy atom. The first-order chi connectivity index (χ1) is 11.6. The van der Waals surface area contributed by atoms with Crippen LogP contribution in [0.4, 0.5) is 11.4 Å². The minimum atomic E-state index is -0.417. The van der Waals surface area contributed by atoms with Gasteiger partial charge in [0.1, 0.15) is 0 Å². The van der Waals surface area contributed by atoms with Crippen molar-refractivity contribution < 1.29 is 9.85 Å². The van der Waals surface area contributed by atoms with Crippen LogP contribution >= 0.6 is 24.8 Å². The fraction of sp³-hybridized carbons (Fsp3) is 0.250. The Bertz CT molecular complexity index is 635. The summed E-state index contributed by atoms with van der Waals surface area (Å²) in [5.41, 5.74) is 2.14. The molecule has 0 atom stereocenters. The van der Waals surface area contributed by atoms with Crippen molar-refractivity contribution in [3.05, 3.63) is 79.9 Å². The number of rotatable bonds is 9. The average Bonchev–Trinajstić information content (AvgIpc) is 2.58. The van der Waals surface area contributed by atoms with Crippen molar-refractivity contribution in [2.24, 2.45) is 0 Å². The molecule has 0 saturated heterocycles. The van der Waals surface area contributed by atoms with Crippen LogP contribution in [0.25, 0.3) is 0 Å². The smallest absolute Gasteiger partial charge is 0.269 e. The van der Waals surface area contributed by atoms with Crippen LogP contribution in [0.1, 0.15) is 11.1 Å². The Balaban J connectivity index is 0.00000312. The van der Waals surface area contributed by atoms with E-state index in [9.17, 15) is 20.2 Å². The van der Waals surface area contributed by atoms with Gasteiger partial charge in [-0.15, -0.1) is 24.8 Å². The normalized spacial score (nSPS) is 9.69. The largest absolute Gasteiger partial charge is 0.311 e. The SMILES string of the molecule is Cl.Cl.O=[N+]([O-])c1ccc(CNCCNCc2ccc([N+](=O)[O-])cc2)cc1. The number of nitro benzene ring substituents is 2. The van der Waals surface area contributed by atoms with Crippen LogP contribution in [0.3, 0.4) is 0 Å². The number of hydrogen-bond acceptors (Lipinski definition) is 6. The molecule has 0 amide bonds. The van der Waals surface area contributed by atoms with Gasteiger partial charge in [-0.3, -0.25) is 20.2 Å². The quantitative estimate of drug-likeness (QED) is 0.378. The van der Waals surface area contributed by atoms with E-state index in [-0.39, 0.29) is 36.2 Å². The first-order valence-corrected chi connectivity index (χ1v) is 7.44. The standard InChI is InChI=1S/C16H18N4O4.2ClH/c21-19(22)15-5-1-13(2-6-15)11-17-9-10-18-12-14-3-7-16(8-4-14)20(23)24;;/h1-8,17-18H,9-12H2;2*1H. The molecule has 2 aromatic rings. The number of halogens is 2. The van der Waals surface area contributed by atoms with Crippen molar-refractivity contribution in [1.82, 2.24) is 10.6 Å². The highest BCUT2D eigenvalue weighted by molar-refractivity contribution is 5.85. The van der Waals surface area contributed by atoms with E-state index >= 15 is 0 Å². The molecular weight excluding hydrogens is 383 g/mol. The van der Waals surface area contributed by atoms with Gasteiger partial charge in [-0.1, -0.05) is 24.3 Å². The van der Waals surface area contributed by atoms with Crippen molar-refractivity contribution in [3.63, 3.8) is 0 Å². The number of benzene rings is 2. The minimum absolute atomic E-state index is 0. The van der Waals surface area contributed by atoms with Crippen molar-refractivity contribution in [3.8, 4) is 0 Å². The molecule has 0 unspecified atom stereocenters. The second-order valence-electron chi connectivity index (χ2n) is 5.20. The number of hydrogen-bond donors (Lipinski definition) is 2. The number of nitrogens with zero attached hydrogens (tertiary/aromatic N) is 2. The first kappa shape index (κ1) is 23.7. The Morgan fingerprint density at radius 2 is 0.962 bits per heavy atom. The Hall–Kier alpha value is -2.26. The van der Waals surface area contributed by atoms with Crippen molar-refractivity contribution >= 4 is 36.2 Å². The molecular formula is C16H20Cl2N4O4. The van der Waals surface area contributed by atoms with Crippen LogP contribution in [-0.4, -0.2) is 22.9 Å². The second-order valence-corrected chi connectivity index (χ2v) is 5.20. The second kappa shape index (κ2) is 12.2. The molecule has 10 heteroatoms. The third kappa shape index (κ3) is 7.75. The van der Waals surface area contributed by atoms with Gasteiger partial charge >= 0.3 is 0 Å². The molecule has 0 radical (unpaired) electrons. The maximum atomic E-state index is 10.6. The monoisotopic (exact) mass is 402 g/mol. The molecule has 8 nitrogen and oxygen atoms in total. The lowest BCUT2D eigenvalue weighted by atomic mass is 10.2. The molecule has 0 aliphatic rings. The number of nitro groups is 2. The lowest BCUT2D eigenvalue weighted by Crippen LogP contribution is -2.26. The zero-order valence-electron chi connectivity index (χ0n) is 13.8. The van der Waals surface area contributed by atoms with Crippen LogP contribution in [0.15, 0.2) is 48.5 Å². The van der Waals surface area contributed by atoms with Crippen molar-refractivity contribution in [1.29, 1.82) is 0 Å². The molecule has 0 fully saturated rings. The van der Waals surface area contributed by atoms with Gasteiger partial charge < -0.3 is 10.6 Å². The number of nitrogens with one attached hydrogen (secondary N) is 2. The molecule has 0 bridgehead atoms. The minimum Gasteiger partial charge on any atom is -0.311 e. The van der Waals surface area contributed by atoms with Crippen LogP contribution in [0, 0.1) is 20.2 Å². The summed E-state index contributed by atoms with van der Waals surface area (Å²) in [4.78, 5) is 20.3. The Kier molecular flexibility index (Phi) is 11.1. The Morgan fingerprint density at radius 3 is 1.23 bits per heavy atom. The van der Waals surface area contributed by atoms with Gasteiger partial charge in [-0.25, -0.2) is 0 Å². The topological polar surface area (TPSA) is 110 Å². The molecule has 0 spiro atoms. The summed E-state index contributed by atoms with van der Waals surface area (Å²) in [6.45, 7) is 2.75. The molecule has 0 heterocycles. The van der Waals surface area contributed by atoms with E-state index < -0.39 is 9.85 Å².